The van der Waals surface area contributed by atoms with Gasteiger partial charge < -0.3 is 16.0 Å². The zero-order valence-corrected chi connectivity index (χ0v) is 14.5. The molecular weight excluding hydrogens is 369 g/mol. The monoisotopic (exact) mass is 384 g/mol. The molecule has 0 aliphatic carbocycles. The predicted octanol–water partition coefficient (Wildman–Crippen LogP) is 3.06. The Morgan fingerprint density at radius 3 is 2.50 bits per heavy atom. The quantitative estimate of drug-likeness (QED) is 0.422. The maximum atomic E-state index is 13.5. The van der Waals surface area contributed by atoms with Gasteiger partial charge in [-0.25, -0.2) is 13.2 Å². The summed E-state index contributed by atoms with van der Waals surface area (Å²) >= 11 is 6.05. The fraction of sp³-hybridized carbons (Fsp3) is 0.176. The molecule has 0 radical (unpaired) electrons. The van der Waals surface area contributed by atoms with Gasteiger partial charge in [-0.2, -0.15) is 0 Å². The van der Waals surface area contributed by atoms with E-state index in [0.717, 1.165) is 17.7 Å². The molecule has 0 aromatic heterocycles. The van der Waals surface area contributed by atoms with Crippen LogP contribution in [0.4, 0.5) is 18.9 Å². The minimum absolute atomic E-state index is 0.263. The largest absolute Gasteiger partial charge is 0.352 e. The highest BCUT2D eigenvalue weighted by molar-refractivity contribution is 6.31. The molecule has 2 rings (SSSR count). The Morgan fingerprint density at radius 1 is 1.08 bits per heavy atom. The molecule has 0 aliphatic heterocycles. The molecule has 0 heterocycles. The van der Waals surface area contributed by atoms with Crippen molar-refractivity contribution in [2.45, 2.75) is 6.54 Å². The van der Waals surface area contributed by atoms with Crippen molar-refractivity contribution in [1.82, 2.24) is 10.6 Å². The summed E-state index contributed by atoms with van der Waals surface area (Å²) in [5.41, 5.74) is 0.389. The average molecular weight is 385 g/mol. The second-order valence-electron chi connectivity index (χ2n) is 5.14. The molecule has 5 nitrogen and oxygen atoms in total. The first-order chi connectivity index (χ1) is 12.4. The molecule has 0 atom stereocenters. The highest BCUT2D eigenvalue weighted by Gasteiger charge is 2.15. The number of carbonyl (C=O) groups is 1. The number of aliphatic imine (C=N–C) groups is 1. The summed E-state index contributed by atoms with van der Waals surface area (Å²) in [5.74, 6) is -4.78. The molecule has 0 aliphatic rings. The van der Waals surface area contributed by atoms with Crippen molar-refractivity contribution in [1.29, 1.82) is 0 Å². The topological polar surface area (TPSA) is 65.5 Å². The van der Waals surface area contributed by atoms with E-state index < -0.39 is 29.0 Å². The first-order valence-electron chi connectivity index (χ1n) is 7.53. The van der Waals surface area contributed by atoms with Crippen LogP contribution in [0.1, 0.15) is 5.56 Å². The Balaban J connectivity index is 1.87. The van der Waals surface area contributed by atoms with Crippen molar-refractivity contribution in [2.24, 2.45) is 4.99 Å². The van der Waals surface area contributed by atoms with Crippen LogP contribution in [0.25, 0.3) is 0 Å². The lowest BCUT2D eigenvalue weighted by molar-refractivity contribution is -0.115. The molecule has 138 valence electrons. The van der Waals surface area contributed by atoms with Crippen molar-refractivity contribution in [3.8, 4) is 0 Å². The maximum Gasteiger partial charge on any atom is 0.243 e. The SMILES string of the molecule is CN=C(NCC(=O)Nc1ccc(F)c(F)c1F)NCc1ccccc1Cl. The van der Waals surface area contributed by atoms with Crippen LogP contribution >= 0.6 is 11.6 Å². The Morgan fingerprint density at radius 2 is 1.81 bits per heavy atom. The molecule has 0 fully saturated rings. The molecule has 1 amide bonds. The Labute approximate surface area is 153 Å². The number of nitrogens with one attached hydrogen (secondary N) is 3. The van der Waals surface area contributed by atoms with Crippen molar-refractivity contribution in [3.63, 3.8) is 0 Å². The maximum absolute atomic E-state index is 13.5. The van der Waals surface area contributed by atoms with E-state index in [1.54, 1.807) is 12.1 Å². The van der Waals surface area contributed by atoms with E-state index in [9.17, 15) is 18.0 Å². The van der Waals surface area contributed by atoms with Gasteiger partial charge in [0.05, 0.1) is 12.2 Å². The lowest BCUT2D eigenvalue weighted by Gasteiger charge is -2.13. The second-order valence-corrected chi connectivity index (χ2v) is 5.55. The van der Waals surface area contributed by atoms with Crippen LogP contribution in [0.15, 0.2) is 41.4 Å². The number of guanidine groups is 1. The van der Waals surface area contributed by atoms with E-state index in [2.05, 4.69) is 20.9 Å². The number of carbonyl (C=O) groups excluding carboxylic acids is 1. The summed E-state index contributed by atoms with van der Waals surface area (Å²) < 4.78 is 39.6. The summed E-state index contributed by atoms with van der Waals surface area (Å²) in [6.45, 7) is 0.111. The van der Waals surface area contributed by atoms with E-state index in [1.165, 1.54) is 7.05 Å². The zero-order valence-electron chi connectivity index (χ0n) is 13.7. The smallest absolute Gasteiger partial charge is 0.243 e. The van der Waals surface area contributed by atoms with Crippen LogP contribution < -0.4 is 16.0 Å². The summed E-state index contributed by atoms with van der Waals surface area (Å²) in [5, 5.41) is 8.42. The van der Waals surface area contributed by atoms with Gasteiger partial charge in [0, 0.05) is 18.6 Å². The van der Waals surface area contributed by atoms with Gasteiger partial charge in [-0.1, -0.05) is 29.8 Å². The number of hydrogen-bond donors (Lipinski definition) is 3. The van der Waals surface area contributed by atoms with Crippen LogP contribution in [0.3, 0.4) is 0 Å². The van der Waals surface area contributed by atoms with Crippen LogP contribution in [0, 0.1) is 17.5 Å². The molecule has 0 saturated heterocycles. The molecule has 0 saturated carbocycles. The summed E-state index contributed by atoms with van der Waals surface area (Å²) in [6.07, 6.45) is 0. The Bertz CT molecular complexity index is 830. The molecule has 0 unspecified atom stereocenters. The zero-order chi connectivity index (χ0) is 19.1. The van der Waals surface area contributed by atoms with E-state index >= 15 is 0 Å². The predicted molar refractivity (Wildman–Crippen MR) is 94.6 cm³/mol. The van der Waals surface area contributed by atoms with Crippen molar-refractivity contribution < 1.29 is 18.0 Å². The van der Waals surface area contributed by atoms with Crippen LogP contribution in [-0.2, 0) is 11.3 Å². The van der Waals surface area contributed by atoms with Crippen LogP contribution in [0.2, 0.25) is 5.02 Å². The molecule has 9 heteroatoms. The van der Waals surface area contributed by atoms with Gasteiger partial charge in [-0.15, -0.1) is 0 Å². The molecule has 0 spiro atoms. The molecular formula is C17H16ClF3N4O. The molecule has 0 bridgehead atoms. The number of benzene rings is 2. The Kier molecular flexibility index (Phi) is 6.85. The summed E-state index contributed by atoms with van der Waals surface area (Å²) in [4.78, 5) is 15.8. The van der Waals surface area contributed by atoms with Crippen molar-refractivity contribution in [3.05, 3.63) is 64.4 Å². The second kappa shape index (κ2) is 9.10. The van der Waals surface area contributed by atoms with Gasteiger partial charge >= 0.3 is 0 Å². The average Bonchev–Trinajstić information content (AvgIpc) is 2.63. The number of anilines is 1. The molecule has 3 N–H and O–H groups in total. The third kappa shape index (κ3) is 5.13. The third-order valence-electron chi connectivity index (χ3n) is 3.35. The first kappa shape index (κ1) is 19.6. The third-order valence-corrected chi connectivity index (χ3v) is 3.72. The highest BCUT2D eigenvalue weighted by atomic mass is 35.5. The van der Waals surface area contributed by atoms with Gasteiger partial charge in [-0.05, 0) is 23.8 Å². The van der Waals surface area contributed by atoms with E-state index in [4.69, 9.17) is 11.6 Å². The fourth-order valence-corrected chi connectivity index (χ4v) is 2.22. The lowest BCUT2D eigenvalue weighted by atomic mass is 10.2. The van der Waals surface area contributed by atoms with E-state index in [1.807, 2.05) is 12.1 Å². The minimum Gasteiger partial charge on any atom is -0.352 e. The normalized spacial score (nSPS) is 11.2. The number of amides is 1. The van der Waals surface area contributed by atoms with E-state index in [0.29, 0.717) is 17.5 Å². The van der Waals surface area contributed by atoms with Gasteiger partial charge in [0.15, 0.2) is 23.4 Å². The van der Waals surface area contributed by atoms with Crippen molar-refractivity contribution >= 4 is 29.2 Å². The van der Waals surface area contributed by atoms with Gasteiger partial charge in [0.25, 0.3) is 0 Å². The van der Waals surface area contributed by atoms with Crippen LogP contribution in [0.5, 0.6) is 0 Å². The lowest BCUT2D eigenvalue weighted by Crippen LogP contribution is -2.41. The molecule has 26 heavy (non-hydrogen) atoms. The molecule has 2 aromatic rings. The van der Waals surface area contributed by atoms with Gasteiger partial charge in [0.2, 0.25) is 5.91 Å². The molecule has 2 aromatic carbocycles. The highest BCUT2D eigenvalue weighted by Crippen LogP contribution is 2.19. The Hall–Kier alpha value is -2.74. The first-order valence-corrected chi connectivity index (χ1v) is 7.91. The number of rotatable bonds is 5. The number of nitrogens with zero attached hydrogens (tertiary/aromatic N) is 1. The van der Waals surface area contributed by atoms with Crippen LogP contribution in [-0.4, -0.2) is 25.5 Å². The number of hydrogen-bond acceptors (Lipinski definition) is 2. The summed E-state index contributed by atoms with van der Waals surface area (Å²) in [7, 11) is 1.51. The summed E-state index contributed by atoms with van der Waals surface area (Å²) in [6, 6.07) is 8.89. The van der Waals surface area contributed by atoms with Gasteiger partial charge in [-0.3, -0.25) is 9.79 Å². The van der Waals surface area contributed by atoms with E-state index in [-0.39, 0.29) is 6.54 Å². The fourth-order valence-electron chi connectivity index (χ4n) is 2.02. The minimum atomic E-state index is -1.65. The van der Waals surface area contributed by atoms with Crippen molar-refractivity contribution in [2.75, 3.05) is 18.9 Å². The number of halogens is 4. The van der Waals surface area contributed by atoms with Gasteiger partial charge in [0.1, 0.15) is 0 Å². The standard InChI is InChI=1S/C17H16ClF3N4O/c1-22-17(23-8-10-4-2-3-5-11(10)18)24-9-14(26)25-13-7-6-12(19)15(20)16(13)21/h2-7H,8-9H2,1H3,(H,25,26)(H2,22,23,24).